The fraction of sp³-hybridized carbons (Fsp3) is 0.556. The van der Waals surface area contributed by atoms with Crippen LogP contribution in [0.2, 0.25) is 0 Å². The van der Waals surface area contributed by atoms with Crippen molar-refractivity contribution in [3.8, 4) is 46.0 Å². The molecule has 496 valence electrons. The smallest absolute Gasteiger partial charge is 0.246 e. The van der Waals surface area contributed by atoms with E-state index in [0.29, 0.717) is 58.6 Å². The van der Waals surface area contributed by atoms with Crippen molar-refractivity contribution >= 4 is 0 Å². The van der Waals surface area contributed by atoms with Crippen molar-refractivity contribution in [1.29, 1.82) is 0 Å². The van der Waals surface area contributed by atoms with E-state index in [1.807, 2.05) is 98.8 Å². The van der Waals surface area contributed by atoms with Crippen LogP contribution in [0.3, 0.4) is 0 Å². The molecule has 89 heavy (non-hydrogen) atoms. The van der Waals surface area contributed by atoms with Crippen LogP contribution in [0.25, 0.3) is 0 Å². The van der Waals surface area contributed by atoms with Gasteiger partial charge in [0.1, 0.15) is 54.5 Å². The molecule has 0 saturated carbocycles. The molecule has 6 heterocycles. The van der Waals surface area contributed by atoms with E-state index in [9.17, 15) is 0 Å². The summed E-state index contributed by atoms with van der Waals surface area (Å²) in [4.78, 5) is 0. The summed E-state index contributed by atoms with van der Waals surface area (Å²) in [6.07, 6.45) is 5.39. The number of para-hydroxylation sites is 6. The Labute approximate surface area is 544 Å². The Kier molecular flexibility index (Phi) is 31.8. The second kappa shape index (κ2) is 35.9. The summed E-state index contributed by atoms with van der Waals surface area (Å²) in [6.45, 7) is 62.6. The Hall–Kier alpha value is -6.28. The number of ether oxygens (including phenoxy) is 8. The topological polar surface area (TPSA) is 73.8 Å². The first kappa shape index (κ1) is 78.8. The lowest BCUT2D eigenvalue weighted by atomic mass is 9.87. The van der Waals surface area contributed by atoms with E-state index >= 15 is 0 Å². The average Bonchev–Trinajstić information content (AvgIpc) is 1.89. The maximum absolute atomic E-state index is 5.53. The van der Waals surface area contributed by atoms with E-state index in [2.05, 4.69) is 235 Å². The van der Waals surface area contributed by atoms with Crippen LogP contribution in [0.5, 0.6) is 46.0 Å². The first-order valence-corrected chi connectivity index (χ1v) is 32.6. The Morgan fingerprint density at radius 3 is 0.876 bits per heavy atom. The van der Waals surface area contributed by atoms with Crippen LogP contribution in [0.1, 0.15) is 222 Å². The number of hydrogen-bond donors (Lipinski definition) is 0. The lowest BCUT2D eigenvalue weighted by Crippen LogP contribution is -2.29. The Bertz CT molecular complexity index is 2580. The molecular formula is C81H124O8. The van der Waals surface area contributed by atoms with Gasteiger partial charge < -0.3 is 37.9 Å². The highest BCUT2D eigenvalue weighted by Crippen LogP contribution is 2.39. The van der Waals surface area contributed by atoms with Crippen LogP contribution >= 0.6 is 0 Å². The molecule has 0 spiro atoms. The maximum atomic E-state index is 5.53. The summed E-state index contributed by atoms with van der Waals surface area (Å²) < 4.78 is 43.8. The molecule has 0 radical (unpaired) electrons. The number of benzene rings is 6. The zero-order valence-corrected chi connectivity index (χ0v) is 61.2. The average molecular weight is 1230 g/mol. The molecule has 6 aliphatic heterocycles. The lowest BCUT2D eigenvalue weighted by molar-refractivity contribution is -0.0431. The molecule has 0 fully saturated rings. The summed E-state index contributed by atoms with van der Waals surface area (Å²) in [5, 5.41) is 0. The molecular weight excluding hydrogens is 1100 g/mol. The van der Waals surface area contributed by atoms with Crippen molar-refractivity contribution in [2.45, 2.75) is 249 Å². The molecule has 0 amide bonds. The Balaban J connectivity index is 0.000000340. The zero-order chi connectivity index (χ0) is 67.6. The number of fused-ring (bicyclic) bond motifs is 6. The molecule has 0 saturated heterocycles. The van der Waals surface area contributed by atoms with E-state index in [0.717, 1.165) is 78.3 Å². The molecule has 6 aliphatic rings. The van der Waals surface area contributed by atoms with E-state index in [1.165, 1.54) is 27.8 Å². The van der Waals surface area contributed by atoms with Gasteiger partial charge >= 0.3 is 0 Å². The van der Waals surface area contributed by atoms with Crippen LogP contribution in [-0.2, 0) is 31.1 Å². The molecule has 0 bridgehead atoms. The third kappa shape index (κ3) is 39.5. The van der Waals surface area contributed by atoms with Crippen LogP contribution < -0.4 is 37.9 Å². The standard InChI is InChI=1S/C12H16O2.C9H10O2.3C9H10O.C8H8O.5C5H12/c1-12(2,3)9-4-5-10-11(8-9)14-7-6-13-10;1-9(2)10-7-5-3-4-6-8(7)11-9;3*1-7-6-8-4-2-3-5-9(8)10-7;1-2-4-8-7(3-1)5-6-9-8;5*1-5(2,3)4/h4-5,8H,6-7H2,1-3H3;3-6H,1-2H3;3*2-5,7H,6H2,1H3;1-4H,5-6H2;5*1-4H3/t;;2*7-;;;;;;;/m..10......./s1. The van der Waals surface area contributed by atoms with E-state index in [1.54, 1.807) is 0 Å². The largest absolute Gasteiger partial charge is 0.493 e. The molecule has 8 nitrogen and oxygen atoms in total. The zero-order valence-electron chi connectivity index (χ0n) is 61.2. The second-order valence-corrected chi connectivity index (χ2v) is 33.1. The van der Waals surface area contributed by atoms with Crippen LogP contribution in [0, 0.1) is 27.1 Å². The van der Waals surface area contributed by atoms with Gasteiger partial charge in [-0.2, -0.15) is 0 Å². The van der Waals surface area contributed by atoms with Gasteiger partial charge in [0.2, 0.25) is 5.79 Å². The van der Waals surface area contributed by atoms with Gasteiger partial charge in [-0.1, -0.05) is 250 Å². The van der Waals surface area contributed by atoms with Gasteiger partial charge in [-0.25, -0.2) is 0 Å². The predicted molar refractivity (Wildman–Crippen MR) is 380 cm³/mol. The molecule has 0 N–H and O–H groups in total. The third-order valence-corrected chi connectivity index (χ3v) is 11.0. The van der Waals surface area contributed by atoms with Crippen molar-refractivity contribution in [1.82, 2.24) is 0 Å². The molecule has 12 rings (SSSR count). The van der Waals surface area contributed by atoms with Crippen molar-refractivity contribution in [2.75, 3.05) is 19.8 Å². The fourth-order valence-corrected chi connectivity index (χ4v) is 7.87. The summed E-state index contributed by atoms with van der Waals surface area (Å²) in [7, 11) is 0. The summed E-state index contributed by atoms with van der Waals surface area (Å²) >= 11 is 0. The number of rotatable bonds is 0. The first-order chi connectivity index (χ1) is 40.8. The number of hydrogen-bond acceptors (Lipinski definition) is 8. The van der Waals surface area contributed by atoms with Gasteiger partial charge in [0.15, 0.2) is 23.0 Å². The first-order valence-electron chi connectivity index (χ1n) is 32.6. The highest BCUT2D eigenvalue weighted by atomic mass is 16.7. The van der Waals surface area contributed by atoms with Crippen molar-refractivity contribution in [3.63, 3.8) is 0 Å². The molecule has 3 atom stereocenters. The lowest BCUT2D eigenvalue weighted by Gasteiger charge is -2.23. The quantitative estimate of drug-likeness (QED) is 0.149. The van der Waals surface area contributed by atoms with Gasteiger partial charge in [0.05, 0.1) is 6.61 Å². The van der Waals surface area contributed by atoms with Crippen LogP contribution in [0.4, 0.5) is 0 Å². The van der Waals surface area contributed by atoms with Gasteiger partial charge in [0, 0.05) is 39.5 Å². The summed E-state index contributed by atoms with van der Waals surface area (Å²) in [5.41, 5.74) is 9.31. The van der Waals surface area contributed by atoms with E-state index in [-0.39, 0.29) is 5.41 Å². The molecule has 6 aromatic carbocycles. The third-order valence-electron chi connectivity index (χ3n) is 11.0. The van der Waals surface area contributed by atoms with E-state index < -0.39 is 5.79 Å². The minimum absolute atomic E-state index is 0.163. The van der Waals surface area contributed by atoms with Crippen molar-refractivity contribution < 1.29 is 37.9 Å². The normalized spacial score (nSPS) is 16.9. The molecule has 8 heteroatoms. The summed E-state index contributed by atoms with van der Waals surface area (Å²) in [6, 6.07) is 46.7. The SMILES string of the molecule is CC(C)(C)C.CC(C)(C)C.CC(C)(C)C.CC(C)(C)C.CC(C)(C)C.CC(C)(C)c1ccc2c(c1)OCCO2.CC1(C)Oc2ccccc2O1.CC1Cc2ccccc2O1.C[C@@H]1Cc2ccccc2O1.C[C@H]1Cc2ccccc2O1.c1ccc2c(c1)CCO2. The highest BCUT2D eigenvalue weighted by Gasteiger charge is 2.31. The van der Waals surface area contributed by atoms with Crippen LogP contribution in [0.15, 0.2) is 140 Å². The minimum Gasteiger partial charge on any atom is -0.493 e. The van der Waals surface area contributed by atoms with Gasteiger partial charge in [-0.3, -0.25) is 0 Å². The Morgan fingerprint density at radius 1 is 0.303 bits per heavy atom. The minimum atomic E-state index is -0.496. The predicted octanol–water partition coefficient (Wildman–Crippen LogP) is 22.9. The van der Waals surface area contributed by atoms with Gasteiger partial charge in [-0.15, -0.1) is 0 Å². The fourth-order valence-electron chi connectivity index (χ4n) is 7.87. The molecule has 0 aromatic heterocycles. The monoisotopic (exact) mass is 1220 g/mol. The maximum Gasteiger partial charge on any atom is 0.246 e. The highest BCUT2D eigenvalue weighted by molar-refractivity contribution is 5.46. The van der Waals surface area contributed by atoms with Crippen LogP contribution in [-0.4, -0.2) is 43.9 Å². The van der Waals surface area contributed by atoms with Gasteiger partial charge in [0.25, 0.3) is 0 Å². The Morgan fingerprint density at radius 2 is 0.573 bits per heavy atom. The molecule has 6 aromatic rings. The molecule has 1 unspecified atom stereocenters. The van der Waals surface area contributed by atoms with Crippen molar-refractivity contribution in [2.24, 2.45) is 27.1 Å². The van der Waals surface area contributed by atoms with Crippen molar-refractivity contribution in [3.05, 3.63) is 167 Å². The molecule has 0 aliphatic carbocycles. The summed E-state index contributed by atoms with van der Waals surface area (Å²) in [5.74, 6) is 7.17. The van der Waals surface area contributed by atoms with E-state index in [4.69, 9.17) is 37.9 Å². The second-order valence-electron chi connectivity index (χ2n) is 33.1. The van der Waals surface area contributed by atoms with Gasteiger partial charge in [-0.05, 0) is 130 Å².